The first-order chi connectivity index (χ1) is 16.9. The summed E-state index contributed by atoms with van der Waals surface area (Å²) < 4.78 is 11.9. The van der Waals surface area contributed by atoms with Crippen LogP contribution in [-0.2, 0) is 17.9 Å². The lowest BCUT2D eigenvalue weighted by Gasteiger charge is -2.35. The van der Waals surface area contributed by atoms with Crippen LogP contribution in [0.2, 0.25) is 10.0 Å². The van der Waals surface area contributed by atoms with Crippen LogP contribution in [0.1, 0.15) is 25.0 Å². The molecule has 1 aliphatic rings. The number of morpholine rings is 1. The van der Waals surface area contributed by atoms with Crippen molar-refractivity contribution >= 4 is 39.9 Å². The molecule has 1 fully saturated rings. The third-order valence-electron chi connectivity index (χ3n) is 6.31. The van der Waals surface area contributed by atoms with Crippen molar-refractivity contribution in [1.82, 2.24) is 14.9 Å². The summed E-state index contributed by atoms with van der Waals surface area (Å²) in [5, 5.41) is 2.29. The SMILES string of the molecule is CC1CN(Cc2c[nH]c3ccc(-c4cnc(N)c(OCc5c(Cl)cccc5Cl)c4)cc23)CC(C)O1. The fraction of sp³-hybridized carbons (Fsp3) is 0.296. The van der Waals surface area contributed by atoms with Crippen LogP contribution in [0.4, 0.5) is 5.82 Å². The monoisotopic (exact) mass is 510 g/mol. The maximum atomic E-state index is 6.28. The lowest BCUT2D eigenvalue weighted by molar-refractivity contribution is -0.0703. The van der Waals surface area contributed by atoms with Crippen LogP contribution in [0, 0.1) is 0 Å². The van der Waals surface area contributed by atoms with Crippen molar-refractivity contribution in [3.05, 3.63) is 76.0 Å². The van der Waals surface area contributed by atoms with Gasteiger partial charge < -0.3 is 20.2 Å². The zero-order valence-electron chi connectivity index (χ0n) is 19.7. The average Bonchev–Trinajstić information content (AvgIpc) is 3.21. The lowest BCUT2D eigenvalue weighted by Crippen LogP contribution is -2.44. The number of aromatic amines is 1. The molecule has 0 amide bonds. The molecular weight excluding hydrogens is 483 g/mol. The van der Waals surface area contributed by atoms with E-state index in [2.05, 4.69) is 53.1 Å². The van der Waals surface area contributed by atoms with Gasteiger partial charge in [0.05, 0.1) is 12.2 Å². The maximum Gasteiger partial charge on any atom is 0.166 e. The molecule has 0 saturated carbocycles. The number of nitrogens with two attached hydrogens (primary N) is 1. The lowest BCUT2D eigenvalue weighted by atomic mass is 10.0. The minimum atomic E-state index is 0.200. The Bertz CT molecular complexity index is 1330. The van der Waals surface area contributed by atoms with Gasteiger partial charge in [-0.3, -0.25) is 4.90 Å². The number of ether oxygens (including phenoxy) is 2. The minimum absolute atomic E-state index is 0.200. The second kappa shape index (κ2) is 10.1. The molecular formula is C27H28Cl2N4O2. The van der Waals surface area contributed by atoms with Crippen LogP contribution < -0.4 is 10.5 Å². The Balaban J connectivity index is 1.39. The number of rotatable bonds is 6. The number of pyridine rings is 1. The molecule has 6 nitrogen and oxygen atoms in total. The number of hydrogen-bond acceptors (Lipinski definition) is 5. The molecule has 2 atom stereocenters. The molecule has 0 aliphatic carbocycles. The van der Waals surface area contributed by atoms with Crippen molar-refractivity contribution in [2.75, 3.05) is 18.8 Å². The Kier molecular flexibility index (Phi) is 6.89. The van der Waals surface area contributed by atoms with Gasteiger partial charge in [0.25, 0.3) is 0 Å². The van der Waals surface area contributed by atoms with Crippen LogP contribution in [0.3, 0.4) is 0 Å². The molecule has 2 aromatic heterocycles. The normalized spacial score (nSPS) is 18.7. The number of anilines is 1. The fourth-order valence-corrected chi connectivity index (χ4v) is 5.20. The summed E-state index contributed by atoms with van der Waals surface area (Å²) >= 11 is 12.6. The molecule has 35 heavy (non-hydrogen) atoms. The minimum Gasteiger partial charge on any atom is -0.485 e. The van der Waals surface area contributed by atoms with E-state index in [1.807, 2.05) is 6.07 Å². The summed E-state index contributed by atoms with van der Waals surface area (Å²) in [6.45, 7) is 7.18. The smallest absolute Gasteiger partial charge is 0.166 e. The Hall–Kier alpha value is -2.77. The first-order valence-corrected chi connectivity index (χ1v) is 12.4. The van der Waals surface area contributed by atoms with E-state index in [1.54, 1.807) is 24.4 Å². The van der Waals surface area contributed by atoms with Crippen LogP contribution in [0.25, 0.3) is 22.0 Å². The van der Waals surface area contributed by atoms with E-state index in [0.29, 0.717) is 27.2 Å². The number of hydrogen-bond donors (Lipinski definition) is 2. The van der Waals surface area contributed by atoms with E-state index >= 15 is 0 Å². The highest BCUT2D eigenvalue weighted by molar-refractivity contribution is 6.35. The summed E-state index contributed by atoms with van der Waals surface area (Å²) in [5.74, 6) is 0.806. The average molecular weight is 511 g/mol. The topological polar surface area (TPSA) is 76.4 Å². The molecule has 5 rings (SSSR count). The van der Waals surface area contributed by atoms with Crippen molar-refractivity contribution in [2.24, 2.45) is 0 Å². The highest BCUT2D eigenvalue weighted by Gasteiger charge is 2.23. The van der Waals surface area contributed by atoms with Gasteiger partial charge in [-0.1, -0.05) is 35.3 Å². The predicted octanol–water partition coefficient (Wildman–Crippen LogP) is 6.31. The molecule has 3 heterocycles. The van der Waals surface area contributed by atoms with Crippen LogP contribution in [-0.4, -0.2) is 40.2 Å². The van der Waals surface area contributed by atoms with E-state index in [4.69, 9.17) is 38.4 Å². The largest absolute Gasteiger partial charge is 0.485 e. The second-order valence-corrected chi connectivity index (χ2v) is 9.94. The summed E-state index contributed by atoms with van der Waals surface area (Å²) in [6.07, 6.45) is 4.34. The van der Waals surface area contributed by atoms with Gasteiger partial charge in [-0.05, 0) is 55.3 Å². The van der Waals surface area contributed by atoms with E-state index < -0.39 is 0 Å². The Morgan fingerprint density at radius 3 is 2.57 bits per heavy atom. The maximum absolute atomic E-state index is 6.28. The highest BCUT2D eigenvalue weighted by atomic mass is 35.5. The highest BCUT2D eigenvalue weighted by Crippen LogP contribution is 2.32. The first-order valence-electron chi connectivity index (χ1n) is 11.7. The van der Waals surface area contributed by atoms with Crippen LogP contribution in [0.15, 0.2) is 54.9 Å². The third kappa shape index (κ3) is 5.26. The Morgan fingerprint density at radius 2 is 1.83 bits per heavy atom. The predicted molar refractivity (Wildman–Crippen MR) is 142 cm³/mol. The molecule has 2 unspecified atom stereocenters. The first kappa shape index (κ1) is 23.9. The molecule has 8 heteroatoms. The third-order valence-corrected chi connectivity index (χ3v) is 7.01. The van der Waals surface area contributed by atoms with Crippen molar-refractivity contribution in [2.45, 2.75) is 39.2 Å². The quantitative estimate of drug-likeness (QED) is 0.318. The molecule has 0 radical (unpaired) electrons. The zero-order valence-corrected chi connectivity index (χ0v) is 21.2. The summed E-state index contributed by atoms with van der Waals surface area (Å²) in [6, 6.07) is 13.6. The summed E-state index contributed by atoms with van der Waals surface area (Å²) in [4.78, 5) is 10.2. The van der Waals surface area contributed by atoms with Gasteiger partial charge in [-0.25, -0.2) is 4.98 Å². The van der Waals surface area contributed by atoms with E-state index in [0.717, 1.165) is 36.3 Å². The number of nitrogens with one attached hydrogen (secondary N) is 1. The Morgan fingerprint density at radius 1 is 1.09 bits per heavy atom. The number of H-pyrrole nitrogens is 1. The number of nitrogen functional groups attached to an aromatic ring is 1. The van der Waals surface area contributed by atoms with E-state index in [-0.39, 0.29) is 18.8 Å². The molecule has 1 aliphatic heterocycles. The van der Waals surface area contributed by atoms with Crippen LogP contribution >= 0.6 is 23.2 Å². The van der Waals surface area contributed by atoms with E-state index in [1.165, 1.54) is 10.9 Å². The van der Waals surface area contributed by atoms with E-state index in [9.17, 15) is 0 Å². The Labute approximate surface area is 215 Å². The number of nitrogens with zero attached hydrogens (tertiary/aromatic N) is 2. The van der Waals surface area contributed by atoms with Gasteiger partial charge in [-0.15, -0.1) is 0 Å². The zero-order chi connectivity index (χ0) is 24.5. The van der Waals surface area contributed by atoms with Gasteiger partial charge >= 0.3 is 0 Å². The fourth-order valence-electron chi connectivity index (χ4n) is 4.69. The van der Waals surface area contributed by atoms with Crippen molar-refractivity contribution < 1.29 is 9.47 Å². The molecule has 0 spiro atoms. The van der Waals surface area contributed by atoms with Crippen molar-refractivity contribution in [3.63, 3.8) is 0 Å². The van der Waals surface area contributed by atoms with Gasteiger partial charge in [-0.2, -0.15) is 0 Å². The number of fused-ring (bicyclic) bond motifs is 1. The summed E-state index contributed by atoms with van der Waals surface area (Å²) in [7, 11) is 0. The number of benzene rings is 2. The molecule has 1 saturated heterocycles. The van der Waals surface area contributed by atoms with Gasteiger partial charge in [0, 0.05) is 64.1 Å². The molecule has 2 aromatic carbocycles. The van der Waals surface area contributed by atoms with Gasteiger partial charge in [0.15, 0.2) is 11.6 Å². The summed E-state index contributed by atoms with van der Waals surface area (Å²) in [5.41, 5.74) is 11.1. The van der Waals surface area contributed by atoms with Crippen LogP contribution in [0.5, 0.6) is 5.75 Å². The van der Waals surface area contributed by atoms with Gasteiger partial charge in [0.2, 0.25) is 0 Å². The molecule has 182 valence electrons. The number of aromatic nitrogens is 2. The number of halogens is 2. The standard InChI is InChI=1S/C27H28Cl2N4O2/c1-16-12-33(13-17(2)35-16)14-20-11-31-25-7-6-18(8-21(20)25)19-9-26(27(30)32-10-19)34-15-22-23(28)4-3-5-24(22)29/h3-11,16-17,31H,12-15H2,1-2H3,(H2,30,32). The van der Waals surface area contributed by atoms with Crippen molar-refractivity contribution in [3.8, 4) is 16.9 Å². The molecule has 3 N–H and O–H groups in total. The second-order valence-electron chi connectivity index (χ2n) is 9.12. The van der Waals surface area contributed by atoms with Gasteiger partial charge in [0.1, 0.15) is 6.61 Å². The molecule has 0 bridgehead atoms. The molecule has 4 aromatic rings. The van der Waals surface area contributed by atoms with Crippen molar-refractivity contribution in [1.29, 1.82) is 0 Å².